The van der Waals surface area contributed by atoms with Crippen LogP contribution in [0.4, 0.5) is 0 Å². The van der Waals surface area contributed by atoms with Crippen molar-refractivity contribution in [2.24, 2.45) is 0 Å². The van der Waals surface area contributed by atoms with Gasteiger partial charge >= 0.3 is 0 Å². The van der Waals surface area contributed by atoms with Gasteiger partial charge in [0.2, 0.25) is 4.38 Å². The highest BCUT2D eigenvalue weighted by molar-refractivity contribution is 8.22. The molecule has 82 valence electrons. The predicted octanol–water partition coefficient (Wildman–Crippen LogP) is 4.15. The maximum atomic E-state index is 5.83. The molecule has 14 heavy (non-hydrogen) atoms. The average Bonchev–Trinajstić information content (AvgIpc) is 2.49. The minimum absolute atomic E-state index is 0.0890. The molecule has 0 aliphatic carbocycles. The van der Waals surface area contributed by atoms with E-state index in [0.717, 1.165) is 16.6 Å². The lowest BCUT2D eigenvalue weighted by atomic mass is 9.93. The lowest BCUT2D eigenvalue weighted by Gasteiger charge is -2.27. The molecule has 3 heteroatoms. The molecule has 1 unspecified atom stereocenters. The number of rotatable bonds is 6. The van der Waals surface area contributed by atoms with Crippen LogP contribution in [0.15, 0.2) is 0 Å². The van der Waals surface area contributed by atoms with Gasteiger partial charge in [0, 0.05) is 5.75 Å². The van der Waals surface area contributed by atoms with Crippen molar-refractivity contribution >= 4 is 28.4 Å². The zero-order chi connectivity index (χ0) is 10.4. The molecule has 1 rings (SSSR count). The van der Waals surface area contributed by atoms with Crippen molar-refractivity contribution in [2.75, 3.05) is 5.75 Å². The summed E-state index contributed by atoms with van der Waals surface area (Å²) in [6.45, 7) is 4.46. The van der Waals surface area contributed by atoms with Gasteiger partial charge < -0.3 is 4.74 Å². The molecule has 1 atom stereocenters. The Hall–Kier alpha value is 0.240. The number of ether oxygens (including phenoxy) is 1. The Morgan fingerprint density at radius 2 is 2.07 bits per heavy atom. The predicted molar refractivity (Wildman–Crippen MR) is 67.9 cm³/mol. The van der Waals surface area contributed by atoms with Gasteiger partial charge in [-0.1, -0.05) is 44.9 Å². The summed E-state index contributed by atoms with van der Waals surface area (Å²) in [6.07, 6.45) is 7.40. The van der Waals surface area contributed by atoms with Gasteiger partial charge in [-0.15, -0.1) is 0 Å². The van der Waals surface area contributed by atoms with Crippen LogP contribution in [0.3, 0.4) is 0 Å². The maximum absolute atomic E-state index is 5.83. The Bertz CT molecular complexity index is 194. The van der Waals surface area contributed by atoms with E-state index in [0.29, 0.717) is 0 Å². The second-order valence-corrected chi connectivity index (χ2v) is 5.61. The summed E-state index contributed by atoms with van der Waals surface area (Å²) in [5.41, 5.74) is 0.0890. The summed E-state index contributed by atoms with van der Waals surface area (Å²) in [7, 11) is 0. The van der Waals surface area contributed by atoms with Crippen LogP contribution in [-0.4, -0.2) is 15.7 Å². The van der Waals surface area contributed by atoms with Crippen LogP contribution >= 0.6 is 24.0 Å². The van der Waals surface area contributed by atoms with Gasteiger partial charge in [-0.25, -0.2) is 0 Å². The summed E-state index contributed by atoms with van der Waals surface area (Å²) < 4.78 is 6.59. The molecule has 0 bridgehead atoms. The Kier molecular flexibility index (Phi) is 5.24. The summed E-state index contributed by atoms with van der Waals surface area (Å²) in [4.78, 5) is 0. The van der Waals surface area contributed by atoms with E-state index < -0.39 is 0 Å². The fourth-order valence-corrected chi connectivity index (χ4v) is 3.27. The van der Waals surface area contributed by atoms with E-state index in [4.69, 9.17) is 17.0 Å². The molecule has 1 aliphatic rings. The first kappa shape index (κ1) is 12.3. The molecule has 1 aliphatic heterocycles. The molecule has 0 saturated carbocycles. The van der Waals surface area contributed by atoms with Crippen LogP contribution in [-0.2, 0) is 4.74 Å². The van der Waals surface area contributed by atoms with Gasteiger partial charge in [0.05, 0.1) is 0 Å². The number of hydrogen-bond donors (Lipinski definition) is 0. The smallest absolute Gasteiger partial charge is 0.220 e. The van der Waals surface area contributed by atoms with Gasteiger partial charge in [-0.2, -0.15) is 0 Å². The van der Waals surface area contributed by atoms with E-state index in [1.165, 1.54) is 32.1 Å². The molecule has 1 saturated heterocycles. The lowest BCUT2D eigenvalue weighted by molar-refractivity contribution is 0.0748. The SMILES string of the molecule is CCCCCC1(CCC)CSC(=S)O1. The van der Waals surface area contributed by atoms with Crippen molar-refractivity contribution in [1.82, 2.24) is 0 Å². The Balaban J connectivity index is 2.41. The lowest BCUT2D eigenvalue weighted by Crippen LogP contribution is -2.31. The van der Waals surface area contributed by atoms with Crippen LogP contribution in [0.5, 0.6) is 0 Å². The van der Waals surface area contributed by atoms with Crippen LogP contribution in [0.25, 0.3) is 0 Å². The molecule has 1 fully saturated rings. The minimum atomic E-state index is 0.0890. The molecule has 0 radical (unpaired) electrons. The second kappa shape index (κ2) is 5.96. The van der Waals surface area contributed by atoms with E-state index in [1.807, 2.05) is 0 Å². The minimum Gasteiger partial charge on any atom is -0.471 e. The first-order valence-electron chi connectivity index (χ1n) is 5.58. The highest BCUT2D eigenvalue weighted by Crippen LogP contribution is 2.37. The van der Waals surface area contributed by atoms with Crippen molar-refractivity contribution < 1.29 is 4.74 Å². The first-order valence-corrected chi connectivity index (χ1v) is 6.97. The molecule has 0 aromatic heterocycles. The number of hydrogen-bond acceptors (Lipinski definition) is 3. The van der Waals surface area contributed by atoms with Crippen molar-refractivity contribution in [3.8, 4) is 0 Å². The highest BCUT2D eigenvalue weighted by Gasteiger charge is 2.37. The third-order valence-corrected chi connectivity index (χ3v) is 4.12. The Labute approximate surface area is 97.0 Å². The van der Waals surface area contributed by atoms with Gasteiger partial charge in [-0.05, 0) is 31.5 Å². The molecular weight excluding hydrogens is 212 g/mol. The fourth-order valence-electron chi connectivity index (χ4n) is 1.95. The third-order valence-electron chi connectivity index (χ3n) is 2.69. The zero-order valence-corrected chi connectivity index (χ0v) is 10.8. The van der Waals surface area contributed by atoms with Gasteiger partial charge in [0.15, 0.2) is 0 Å². The Morgan fingerprint density at radius 1 is 1.29 bits per heavy atom. The Morgan fingerprint density at radius 3 is 2.57 bits per heavy atom. The summed E-state index contributed by atoms with van der Waals surface area (Å²) >= 11 is 6.81. The maximum Gasteiger partial charge on any atom is 0.220 e. The van der Waals surface area contributed by atoms with Crippen molar-refractivity contribution in [3.63, 3.8) is 0 Å². The van der Waals surface area contributed by atoms with Gasteiger partial charge in [0.1, 0.15) is 5.60 Å². The number of unbranched alkanes of at least 4 members (excludes halogenated alkanes) is 2. The van der Waals surface area contributed by atoms with E-state index in [2.05, 4.69) is 13.8 Å². The van der Waals surface area contributed by atoms with Crippen LogP contribution in [0, 0.1) is 0 Å². The first-order chi connectivity index (χ1) is 6.72. The zero-order valence-electron chi connectivity index (χ0n) is 9.17. The van der Waals surface area contributed by atoms with E-state index >= 15 is 0 Å². The topological polar surface area (TPSA) is 9.23 Å². The number of thiocarbonyl (C=S) groups is 1. The van der Waals surface area contributed by atoms with Crippen LogP contribution in [0.1, 0.15) is 52.4 Å². The van der Waals surface area contributed by atoms with Crippen molar-refractivity contribution in [2.45, 2.75) is 58.0 Å². The van der Waals surface area contributed by atoms with E-state index in [1.54, 1.807) is 11.8 Å². The van der Waals surface area contributed by atoms with Gasteiger partial charge in [-0.3, -0.25) is 0 Å². The molecular formula is C11H20OS2. The fraction of sp³-hybridized carbons (Fsp3) is 0.909. The summed E-state index contributed by atoms with van der Waals surface area (Å²) in [5, 5.41) is 0. The monoisotopic (exact) mass is 232 g/mol. The molecule has 0 spiro atoms. The van der Waals surface area contributed by atoms with Crippen LogP contribution in [0.2, 0.25) is 0 Å². The second-order valence-electron chi connectivity index (χ2n) is 4.03. The van der Waals surface area contributed by atoms with E-state index in [9.17, 15) is 0 Å². The van der Waals surface area contributed by atoms with Gasteiger partial charge in [0.25, 0.3) is 0 Å². The molecule has 0 aromatic rings. The molecule has 1 nitrogen and oxygen atoms in total. The quantitative estimate of drug-likeness (QED) is 0.503. The third kappa shape index (κ3) is 3.43. The highest BCUT2D eigenvalue weighted by atomic mass is 32.2. The van der Waals surface area contributed by atoms with Crippen molar-refractivity contribution in [1.29, 1.82) is 0 Å². The molecule has 0 aromatic carbocycles. The van der Waals surface area contributed by atoms with E-state index in [-0.39, 0.29) is 5.60 Å². The average molecular weight is 232 g/mol. The van der Waals surface area contributed by atoms with Crippen molar-refractivity contribution in [3.05, 3.63) is 0 Å². The summed E-state index contributed by atoms with van der Waals surface area (Å²) in [5.74, 6) is 1.07. The van der Waals surface area contributed by atoms with Crippen LogP contribution < -0.4 is 0 Å². The molecule has 0 N–H and O–H groups in total. The normalized spacial score (nSPS) is 26.6. The summed E-state index contributed by atoms with van der Waals surface area (Å²) in [6, 6.07) is 0. The molecule has 0 amide bonds. The number of thioether (sulfide) groups is 1. The standard InChI is InChI=1S/C11H20OS2/c1-3-5-6-8-11(7-4-2)9-14-10(13)12-11/h3-9H2,1-2H3. The largest absolute Gasteiger partial charge is 0.471 e. The molecule has 1 heterocycles.